The van der Waals surface area contributed by atoms with E-state index in [1.54, 1.807) is 36.0 Å². The van der Waals surface area contributed by atoms with Crippen molar-refractivity contribution in [3.63, 3.8) is 0 Å². The lowest BCUT2D eigenvalue weighted by Gasteiger charge is -2.25. The van der Waals surface area contributed by atoms with Crippen LogP contribution in [0, 0.1) is 5.82 Å². The zero-order chi connectivity index (χ0) is 20.0. The highest BCUT2D eigenvalue weighted by atomic mass is 19.1. The number of ketones is 1. The third-order valence-electron chi connectivity index (χ3n) is 5.03. The monoisotopic (exact) mass is 393 g/mol. The number of rotatable bonds is 5. The predicted molar refractivity (Wildman–Crippen MR) is 98.5 cm³/mol. The van der Waals surface area contributed by atoms with Gasteiger partial charge in [-0.25, -0.2) is 9.37 Å². The fourth-order valence-electron chi connectivity index (χ4n) is 3.34. The second-order valence-corrected chi connectivity index (χ2v) is 6.91. The zero-order valence-electron chi connectivity index (χ0n) is 15.5. The van der Waals surface area contributed by atoms with Crippen LogP contribution in [0.4, 0.5) is 4.39 Å². The first-order valence-corrected chi connectivity index (χ1v) is 9.09. The summed E-state index contributed by atoms with van der Waals surface area (Å²) in [6.45, 7) is 0.153. The molecule has 9 nitrogen and oxygen atoms in total. The normalized spacial score (nSPS) is 14.3. The maximum Gasteiger partial charge on any atom is 0.235 e. The number of hydrogen-bond donors (Lipinski definition) is 0. The van der Waals surface area contributed by atoms with Gasteiger partial charge in [-0.3, -0.25) is 9.48 Å². The molecule has 3 aromatic heterocycles. The molecule has 0 atom stereocenters. The van der Waals surface area contributed by atoms with E-state index in [2.05, 4.69) is 25.4 Å². The minimum atomic E-state index is -0.418. The summed E-state index contributed by atoms with van der Waals surface area (Å²) < 4.78 is 23.3. The Morgan fingerprint density at radius 3 is 2.79 bits per heavy atom. The Balaban J connectivity index is 1.58. The average Bonchev–Trinajstić information content (AvgIpc) is 3.29. The molecule has 0 saturated heterocycles. The Morgan fingerprint density at radius 1 is 1.24 bits per heavy atom. The molecule has 5 rings (SSSR count). The van der Waals surface area contributed by atoms with Crippen LogP contribution >= 0.6 is 0 Å². The number of aromatic nitrogens is 7. The molecule has 4 aromatic rings. The van der Waals surface area contributed by atoms with Gasteiger partial charge >= 0.3 is 0 Å². The predicted octanol–water partition coefficient (Wildman–Crippen LogP) is 2.08. The first-order valence-electron chi connectivity index (χ1n) is 9.09. The van der Waals surface area contributed by atoms with E-state index in [9.17, 15) is 9.18 Å². The van der Waals surface area contributed by atoms with Gasteiger partial charge < -0.3 is 4.74 Å². The first-order chi connectivity index (χ1) is 14.1. The molecule has 1 aliphatic rings. The first kappa shape index (κ1) is 17.4. The van der Waals surface area contributed by atoms with E-state index in [-0.39, 0.29) is 24.1 Å². The van der Waals surface area contributed by atoms with Gasteiger partial charge in [0.2, 0.25) is 5.88 Å². The molecule has 0 amide bonds. The van der Waals surface area contributed by atoms with Crippen molar-refractivity contribution in [2.45, 2.75) is 25.4 Å². The number of Topliss-reactive ketones (excluding diaryl/α,β-unsaturated/α-hetero) is 1. The van der Waals surface area contributed by atoms with Crippen molar-refractivity contribution >= 4 is 11.4 Å². The minimum Gasteiger partial charge on any atom is -0.468 e. The Bertz CT molecular complexity index is 1220. The van der Waals surface area contributed by atoms with Crippen molar-refractivity contribution in [1.82, 2.24) is 34.6 Å². The average molecular weight is 393 g/mol. The third-order valence-corrected chi connectivity index (χ3v) is 5.03. The standard InChI is InChI=1S/C19H16FN7O2/c1-26-17(21-10-22-26)9-29-19-14(11-6-12(28)7-11)8-16-23-24-18(27(16)25-19)13-4-2-3-5-15(13)20/h2-5,8,10-11H,6-7,9H2,1H3. The van der Waals surface area contributed by atoms with E-state index in [1.165, 1.54) is 16.9 Å². The molecular weight excluding hydrogens is 377 g/mol. The van der Waals surface area contributed by atoms with Crippen LogP contribution in [0.25, 0.3) is 17.0 Å². The fraction of sp³-hybridized carbons (Fsp3) is 0.263. The van der Waals surface area contributed by atoms with Crippen LogP contribution in [-0.4, -0.2) is 40.4 Å². The Morgan fingerprint density at radius 2 is 2.07 bits per heavy atom. The summed E-state index contributed by atoms with van der Waals surface area (Å²) in [7, 11) is 1.77. The van der Waals surface area contributed by atoms with Gasteiger partial charge in [0.25, 0.3) is 0 Å². The molecule has 1 aromatic carbocycles. The Labute approximate surface area is 164 Å². The molecule has 0 bridgehead atoms. The fourth-order valence-corrected chi connectivity index (χ4v) is 3.34. The van der Waals surface area contributed by atoms with Crippen LogP contribution in [0.2, 0.25) is 0 Å². The summed E-state index contributed by atoms with van der Waals surface area (Å²) in [4.78, 5) is 15.7. The van der Waals surface area contributed by atoms with Crippen molar-refractivity contribution < 1.29 is 13.9 Å². The van der Waals surface area contributed by atoms with Gasteiger partial charge in [0.15, 0.2) is 17.3 Å². The van der Waals surface area contributed by atoms with Crippen LogP contribution in [0.5, 0.6) is 5.88 Å². The number of halogens is 1. The van der Waals surface area contributed by atoms with Crippen molar-refractivity contribution in [3.05, 3.63) is 53.9 Å². The van der Waals surface area contributed by atoms with Gasteiger partial charge in [-0.15, -0.1) is 15.3 Å². The van der Waals surface area contributed by atoms with E-state index in [1.807, 2.05) is 0 Å². The molecule has 0 unspecified atom stereocenters. The Kier molecular flexibility index (Phi) is 4.04. The summed E-state index contributed by atoms with van der Waals surface area (Å²) in [5.74, 6) is 1.04. The molecule has 0 spiro atoms. The number of hydrogen-bond acceptors (Lipinski definition) is 7. The molecule has 0 aliphatic heterocycles. The largest absolute Gasteiger partial charge is 0.468 e. The number of fused-ring (bicyclic) bond motifs is 1. The lowest BCUT2D eigenvalue weighted by molar-refractivity contribution is -0.124. The molecular formula is C19H16FN7O2. The summed E-state index contributed by atoms with van der Waals surface area (Å²) >= 11 is 0. The second kappa shape index (κ2) is 6.73. The van der Waals surface area contributed by atoms with Crippen molar-refractivity contribution in [1.29, 1.82) is 0 Å². The third kappa shape index (κ3) is 3.02. The smallest absolute Gasteiger partial charge is 0.235 e. The quantitative estimate of drug-likeness (QED) is 0.512. The van der Waals surface area contributed by atoms with Gasteiger partial charge in [-0.2, -0.15) is 9.61 Å². The number of aryl methyl sites for hydroxylation is 1. The number of ether oxygens (including phenoxy) is 1. The van der Waals surface area contributed by atoms with E-state index >= 15 is 0 Å². The molecule has 29 heavy (non-hydrogen) atoms. The lowest BCUT2D eigenvalue weighted by atomic mass is 9.79. The maximum absolute atomic E-state index is 14.3. The van der Waals surface area contributed by atoms with Crippen LogP contribution < -0.4 is 4.74 Å². The van der Waals surface area contributed by atoms with Gasteiger partial charge in [-0.1, -0.05) is 12.1 Å². The van der Waals surface area contributed by atoms with Gasteiger partial charge in [0.05, 0.1) is 5.56 Å². The van der Waals surface area contributed by atoms with Crippen molar-refractivity contribution in [2.75, 3.05) is 0 Å². The molecule has 1 aliphatic carbocycles. The van der Waals surface area contributed by atoms with E-state index in [0.29, 0.717) is 35.8 Å². The number of benzene rings is 1. The minimum absolute atomic E-state index is 0.0168. The van der Waals surface area contributed by atoms with Crippen LogP contribution in [-0.2, 0) is 18.4 Å². The molecule has 3 heterocycles. The lowest BCUT2D eigenvalue weighted by Crippen LogP contribution is -2.22. The van der Waals surface area contributed by atoms with Crippen molar-refractivity contribution in [2.24, 2.45) is 7.05 Å². The number of nitrogens with zero attached hydrogens (tertiary/aromatic N) is 7. The highest BCUT2D eigenvalue weighted by Crippen LogP contribution is 2.38. The SMILES string of the molecule is Cn1ncnc1COc1nn2c(-c3ccccc3F)nnc2cc1C1CC(=O)C1. The zero-order valence-corrected chi connectivity index (χ0v) is 15.5. The summed E-state index contributed by atoms with van der Waals surface area (Å²) in [5, 5.41) is 16.8. The summed E-state index contributed by atoms with van der Waals surface area (Å²) in [6, 6.07) is 8.10. The van der Waals surface area contributed by atoms with Gasteiger partial charge in [0, 0.05) is 31.4 Å². The number of carbonyl (C=O) groups excluding carboxylic acids is 1. The van der Waals surface area contributed by atoms with E-state index in [4.69, 9.17) is 4.74 Å². The summed E-state index contributed by atoms with van der Waals surface area (Å²) in [6.07, 6.45) is 2.32. The van der Waals surface area contributed by atoms with E-state index < -0.39 is 5.82 Å². The van der Waals surface area contributed by atoms with E-state index in [0.717, 1.165) is 5.56 Å². The number of carbonyl (C=O) groups is 1. The van der Waals surface area contributed by atoms with Gasteiger partial charge in [0.1, 0.15) is 24.5 Å². The Hall–Kier alpha value is -3.69. The summed E-state index contributed by atoms with van der Waals surface area (Å²) in [5.41, 5.74) is 1.54. The molecule has 0 N–H and O–H groups in total. The van der Waals surface area contributed by atoms with Crippen LogP contribution in [0.15, 0.2) is 36.7 Å². The highest BCUT2D eigenvalue weighted by Gasteiger charge is 2.32. The molecule has 1 saturated carbocycles. The molecule has 0 radical (unpaired) electrons. The van der Waals surface area contributed by atoms with Gasteiger partial charge in [-0.05, 0) is 18.2 Å². The highest BCUT2D eigenvalue weighted by molar-refractivity contribution is 5.86. The van der Waals surface area contributed by atoms with Crippen molar-refractivity contribution in [3.8, 4) is 17.3 Å². The topological polar surface area (TPSA) is 100 Å². The molecule has 1 fully saturated rings. The maximum atomic E-state index is 14.3. The second-order valence-electron chi connectivity index (χ2n) is 6.91. The van der Waals surface area contributed by atoms with Crippen LogP contribution in [0.3, 0.4) is 0 Å². The molecule has 146 valence electrons. The van der Waals surface area contributed by atoms with Crippen LogP contribution in [0.1, 0.15) is 30.1 Å². The molecule has 10 heteroatoms.